The van der Waals surface area contributed by atoms with Gasteiger partial charge in [-0.3, -0.25) is 19.2 Å². The fraction of sp³-hybridized carbons (Fsp3) is 0.391. The Kier molecular flexibility index (Phi) is 5.92. The number of benzene rings is 1. The van der Waals surface area contributed by atoms with E-state index in [1.165, 1.54) is 13.8 Å². The van der Waals surface area contributed by atoms with Crippen molar-refractivity contribution in [1.82, 2.24) is 4.98 Å². The highest BCUT2D eigenvalue weighted by Crippen LogP contribution is 2.27. The van der Waals surface area contributed by atoms with Crippen LogP contribution in [-0.2, 0) is 14.3 Å². The van der Waals surface area contributed by atoms with Crippen molar-refractivity contribution in [3.05, 3.63) is 52.3 Å². The summed E-state index contributed by atoms with van der Waals surface area (Å²) in [5.74, 6) is -1.90. The summed E-state index contributed by atoms with van der Waals surface area (Å²) in [6.07, 6.45) is -0.986. The van der Waals surface area contributed by atoms with Gasteiger partial charge in [0, 0.05) is 29.9 Å². The van der Waals surface area contributed by atoms with Crippen LogP contribution < -0.4 is 4.90 Å². The van der Waals surface area contributed by atoms with Crippen LogP contribution in [0, 0.1) is 26.7 Å². The van der Waals surface area contributed by atoms with Crippen LogP contribution in [0.1, 0.15) is 57.9 Å². The van der Waals surface area contributed by atoms with Crippen LogP contribution in [0.2, 0.25) is 0 Å². The molecule has 158 valence electrons. The Morgan fingerprint density at radius 2 is 1.77 bits per heavy atom. The second-order valence-corrected chi connectivity index (χ2v) is 7.87. The molecule has 1 saturated heterocycles. The number of amides is 1. The molecule has 0 radical (unpaired) electrons. The molecule has 3 rings (SSSR count). The molecule has 1 aromatic heterocycles. The van der Waals surface area contributed by atoms with Crippen LogP contribution in [0.5, 0.6) is 0 Å². The topological polar surface area (TPSA) is 96.5 Å². The summed E-state index contributed by atoms with van der Waals surface area (Å²) in [6, 6.07) is 7.50. The van der Waals surface area contributed by atoms with Gasteiger partial charge in [-0.05, 0) is 52.3 Å². The van der Waals surface area contributed by atoms with Gasteiger partial charge in [0.1, 0.15) is 0 Å². The van der Waals surface area contributed by atoms with Crippen LogP contribution in [0.15, 0.2) is 24.3 Å². The molecule has 0 saturated carbocycles. The van der Waals surface area contributed by atoms with E-state index in [2.05, 4.69) is 4.98 Å². The molecule has 7 nitrogen and oxygen atoms in total. The van der Waals surface area contributed by atoms with Gasteiger partial charge in [0.2, 0.25) is 11.7 Å². The third kappa shape index (κ3) is 4.06. The Bertz CT molecular complexity index is 1020. The second kappa shape index (κ2) is 8.26. The number of aryl methyl sites for hydroxylation is 2. The van der Waals surface area contributed by atoms with Crippen molar-refractivity contribution in [3.8, 4) is 0 Å². The molecular formula is C23H26N2O5. The van der Waals surface area contributed by atoms with E-state index < -0.39 is 23.8 Å². The first-order valence-corrected chi connectivity index (χ1v) is 9.92. The summed E-state index contributed by atoms with van der Waals surface area (Å²) in [5.41, 5.74) is 3.72. The molecule has 0 bridgehead atoms. The first kappa shape index (κ1) is 21.5. The monoisotopic (exact) mass is 410 g/mol. The maximum absolute atomic E-state index is 12.8. The average Bonchev–Trinajstić information content (AvgIpc) is 3.21. The molecule has 7 heteroatoms. The number of anilines is 1. The number of hydrogen-bond donors (Lipinski definition) is 1. The summed E-state index contributed by atoms with van der Waals surface area (Å²) < 4.78 is 5.39. The lowest BCUT2D eigenvalue weighted by Crippen LogP contribution is -2.30. The van der Waals surface area contributed by atoms with Gasteiger partial charge in [0.15, 0.2) is 11.9 Å². The lowest BCUT2D eigenvalue weighted by atomic mass is 10.0. The second-order valence-electron chi connectivity index (χ2n) is 7.87. The fourth-order valence-electron chi connectivity index (χ4n) is 3.89. The number of aromatic amines is 1. The van der Waals surface area contributed by atoms with Gasteiger partial charge in [-0.2, -0.15) is 0 Å². The minimum atomic E-state index is -1.03. The van der Waals surface area contributed by atoms with Crippen molar-refractivity contribution >= 4 is 29.1 Å². The smallest absolute Gasteiger partial charge is 0.312 e. The number of carbonyl (C=O) groups excluding carboxylic acids is 4. The summed E-state index contributed by atoms with van der Waals surface area (Å²) >= 11 is 0. The van der Waals surface area contributed by atoms with E-state index in [0.29, 0.717) is 16.8 Å². The lowest BCUT2D eigenvalue weighted by molar-refractivity contribution is -0.151. The van der Waals surface area contributed by atoms with E-state index in [4.69, 9.17) is 4.74 Å². The predicted octanol–water partition coefficient (Wildman–Crippen LogP) is 3.31. The number of hydrogen-bond acceptors (Lipinski definition) is 5. The lowest BCUT2D eigenvalue weighted by Gasteiger charge is -2.18. The third-order valence-corrected chi connectivity index (χ3v) is 5.50. The first-order chi connectivity index (χ1) is 14.1. The Balaban J connectivity index is 1.68. The largest absolute Gasteiger partial charge is 0.454 e. The highest BCUT2D eigenvalue weighted by Gasteiger charge is 2.37. The van der Waals surface area contributed by atoms with Gasteiger partial charge in [-0.25, -0.2) is 0 Å². The maximum atomic E-state index is 12.8. The van der Waals surface area contributed by atoms with Crippen molar-refractivity contribution in [3.63, 3.8) is 0 Å². The zero-order valence-corrected chi connectivity index (χ0v) is 17.9. The number of esters is 1. The molecule has 1 fully saturated rings. The number of H-pyrrole nitrogens is 1. The van der Waals surface area contributed by atoms with E-state index in [0.717, 1.165) is 11.3 Å². The van der Waals surface area contributed by atoms with E-state index in [9.17, 15) is 19.2 Å². The van der Waals surface area contributed by atoms with E-state index >= 15 is 0 Å². The summed E-state index contributed by atoms with van der Waals surface area (Å²) in [5, 5.41) is 0. The van der Waals surface area contributed by atoms with Gasteiger partial charge in [-0.1, -0.05) is 17.7 Å². The molecular weight excluding hydrogens is 384 g/mol. The Labute approximate surface area is 175 Å². The molecule has 1 aromatic carbocycles. The van der Waals surface area contributed by atoms with Gasteiger partial charge >= 0.3 is 5.97 Å². The number of ketones is 2. The molecule has 1 amide bonds. The van der Waals surface area contributed by atoms with Gasteiger partial charge < -0.3 is 14.6 Å². The SMILES string of the molecule is CC(=O)c1c(C)[nH]c(C(=O)[C@@H](C)OC(=O)[C@@H]2CC(=O)N(c3ccc(C)cc3)C2)c1C. The van der Waals surface area contributed by atoms with Crippen molar-refractivity contribution in [1.29, 1.82) is 0 Å². The van der Waals surface area contributed by atoms with E-state index in [1.807, 2.05) is 31.2 Å². The average molecular weight is 410 g/mol. The minimum Gasteiger partial charge on any atom is -0.454 e. The normalized spacial score (nSPS) is 17.2. The molecule has 2 atom stereocenters. The molecule has 1 aliphatic heterocycles. The number of Topliss-reactive ketones (excluding diaryl/α,β-unsaturated/α-hetero) is 2. The quantitative estimate of drug-likeness (QED) is 0.582. The van der Waals surface area contributed by atoms with Gasteiger partial charge in [0.05, 0.1) is 11.6 Å². The summed E-state index contributed by atoms with van der Waals surface area (Å²) in [6.45, 7) is 8.53. The van der Waals surface area contributed by atoms with Crippen molar-refractivity contribution < 1.29 is 23.9 Å². The van der Waals surface area contributed by atoms with Gasteiger partial charge in [-0.15, -0.1) is 0 Å². The maximum Gasteiger partial charge on any atom is 0.312 e. The van der Waals surface area contributed by atoms with E-state index in [-0.39, 0.29) is 30.3 Å². The van der Waals surface area contributed by atoms with Crippen LogP contribution in [0.4, 0.5) is 5.69 Å². The summed E-state index contributed by atoms with van der Waals surface area (Å²) in [4.78, 5) is 54.1. The number of carbonyl (C=O) groups is 4. The molecule has 1 N–H and O–H groups in total. The number of nitrogens with zero attached hydrogens (tertiary/aromatic N) is 1. The van der Waals surface area contributed by atoms with Crippen molar-refractivity contribution in [2.75, 3.05) is 11.4 Å². The van der Waals surface area contributed by atoms with Crippen LogP contribution in [-0.4, -0.2) is 41.1 Å². The zero-order chi connectivity index (χ0) is 22.2. The van der Waals surface area contributed by atoms with E-state index in [1.54, 1.807) is 18.7 Å². The highest BCUT2D eigenvalue weighted by atomic mass is 16.5. The standard InChI is InChI=1S/C23H26N2O5/c1-12-6-8-18(9-7-12)25-11-17(10-19(25)27)23(29)30-16(5)22(28)21-13(2)20(15(4)26)14(3)24-21/h6-9,16-17,24H,10-11H2,1-5H3/t16-,17-/m1/s1. The van der Waals surface area contributed by atoms with Crippen LogP contribution in [0.3, 0.4) is 0 Å². The number of nitrogens with one attached hydrogen (secondary N) is 1. The molecule has 2 heterocycles. The van der Waals surface area contributed by atoms with Crippen LogP contribution in [0.25, 0.3) is 0 Å². The Morgan fingerprint density at radius 3 is 2.33 bits per heavy atom. The fourth-order valence-corrected chi connectivity index (χ4v) is 3.89. The predicted molar refractivity (Wildman–Crippen MR) is 112 cm³/mol. The van der Waals surface area contributed by atoms with Gasteiger partial charge in [0.25, 0.3) is 0 Å². The first-order valence-electron chi connectivity index (χ1n) is 9.92. The highest BCUT2D eigenvalue weighted by molar-refractivity contribution is 6.05. The molecule has 0 unspecified atom stereocenters. The molecule has 0 spiro atoms. The third-order valence-electron chi connectivity index (χ3n) is 5.50. The molecule has 30 heavy (non-hydrogen) atoms. The number of ether oxygens (including phenoxy) is 1. The van der Waals surface area contributed by atoms with Crippen LogP contribution >= 0.6 is 0 Å². The minimum absolute atomic E-state index is 0.0444. The Hall–Kier alpha value is -3.22. The van der Waals surface area contributed by atoms with Crippen molar-refractivity contribution in [2.45, 2.75) is 47.1 Å². The molecule has 1 aliphatic rings. The van der Waals surface area contributed by atoms with Crippen molar-refractivity contribution in [2.24, 2.45) is 5.92 Å². The zero-order valence-electron chi connectivity index (χ0n) is 17.9. The molecule has 2 aromatic rings. The molecule has 0 aliphatic carbocycles. The Morgan fingerprint density at radius 1 is 1.13 bits per heavy atom. The summed E-state index contributed by atoms with van der Waals surface area (Å²) in [7, 11) is 0. The number of rotatable bonds is 6. The number of aromatic nitrogens is 1.